The van der Waals surface area contributed by atoms with E-state index >= 15 is 0 Å². The molecule has 0 aliphatic rings. The van der Waals surface area contributed by atoms with E-state index in [1.165, 1.54) is 0 Å². The minimum Gasteiger partial charge on any atom is -0.496 e. The molecule has 4 nitrogen and oxygen atoms in total. The maximum absolute atomic E-state index is 12.7. The number of carbonyl (C=O) groups is 1. The van der Waals surface area contributed by atoms with Gasteiger partial charge in [0.25, 0.3) is 5.91 Å². The standard InChI is InChI=1S/C23H23NO3/c1-17(18-9-5-3-6-10-18)24-23(25)19-13-14-22(26-2)20(15-19)16-27-21-11-7-4-8-12-21/h3-15,17H,16H2,1-2H3,(H,24,25). The van der Waals surface area contributed by atoms with E-state index in [1.54, 1.807) is 19.2 Å². The average Bonchev–Trinajstić information content (AvgIpc) is 2.73. The SMILES string of the molecule is COc1ccc(C(=O)NC(C)c2ccccc2)cc1COc1ccccc1. The molecule has 0 aromatic heterocycles. The van der Waals surface area contributed by atoms with Gasteiger partial charge in [0.2, 0.25) is 0 Å². The predicted molar refractivity (Wildman–Crippen MR) is 106 cm³/mol. The number of ether oxygens (including phenoxy) is 2. The molecule has 0 heterocycles. The second kappa shape index (κ2) is 8.90. The summed E-state index contributed by atoms with van der Waals surface area (Å²) in [5.41, 5.74) is 2.46. The van der Waals surface area contributed by atoms with Crippen molar-refractivity contribution in [1.29, 1.82) is 0 Å². The van der Waals surface area contributed by atoms with Crippen LogP contribution in [0.4, 0.5) is 0 Å². The molecule has 0 radical (unpaired) electrons. The van der Waals surface area contributed by atoms with Gasteiger partial charge in [0, 0.05) is 11.1 Å². The minimum absolute atomic E-state index is 0.0789. The monoisotopic (exact) mass is 361 g/mol. The van der Waals surface area contributed by atoms with Gasteiger partial charge in [-0.05, 0) is 42.8 Å². The highest BCUT2D eigenvalue weighted by Gasteiger charge is 2.14. The van der Waals surface area contributed by atoms with Crippen molar-refractivity contribution in [2.45, 2.75) is 19.6 Å². The highest BCUT2D eigenvalue weighted by atomic mass is 16.5. The zero-order valence-corrected chi connectivity index (χ0v) is 15.5. The molecule has 1 N–H and O–H groups in total. The summed E-state index contributed by atoms with van der Waals surface area (Å²) < 4.78 is 11.2. The Morgan fingerprint density at radius 2 is 1.63 bits per heavy atom. The zero-order valence-electron chi connectivity index (χ0n) is 15.5. The molecular weight excluding hydrogens is 338 g/mol. The highest BCUT2D eigenvalue weighted by molar-refractivity contribution is 5.94. The third-order valence-corrected chi connectivity index (χ3v) is 4.33. The number of amides is 1. The van der Waals surface area contributed by atoms with Gasteiger partial charge in [-0.2, -0.15) is 0 Å². The van der Waals surface area contributed by atoms with Crippen molar-refractivity contribution >= 4 is 5.91 Å². The number of hydrogen-bond donors (Lipinski definition) is 1. The van der Waals surface area contributed by atoms with Crippen LogP contribution in [-0.2, 0) is 6.61 Å². The number of hydrogen-bond acceptors (Lipinski definition) is 3. The Hall–Kier alpha value is -3.27. The molecule has 1 atom stereocenters. The second-order valence-corrected chi connectivity index (χ2v) is 6.23. The molecule has 0 fully saturated rings. The van der Waals surface area contributed by atoms with Crippen LogP contribution in [0.2, 0.25) is 0 Å². The first-order valence-corrected chi connectivity index (χ1v) is 8.88. The normalized spacial score (nSPS) is 11.5. The van der Waals surface area contributed by atoms with Gasteiger partial charge in [0.05, 0.1) is 13.2 Å². The molecule has 3 aromatic carbocycles. The summed E-state index contributed by atoms with van der Waals surface area (Å²) in [5, 5.41) is 3.03. The van der Waals surface area contributed by atoms with Gasteiger partial charge in [-0.1, -0.05) is 48.5 Å². The quantitative estimate of drug-likeness (QED) is 0.660. The van der Waals surface area contributed by atoms with Gasteiger partial charge in [-0.15, -0.1) is 0 Å². The molecule has 1 unspecified atom stereocenters. The minimum atomic E-state index is -0.130. The van der Waals surface area contributed by atoms with Crippen LogP contribution in [-0.4, -0.2) is 13.0 Å². The zero-order chi connectivity index (χ0) is 19.1. The Morgan fingerprint density at radius 3 is 2.30 bits per heavy atom. The molecule has 27 heavy (non-hydrogen) atoms. The summed E-state index contributed by atoms with van der Waals surface area (Å²) in [5.74, 6) is 1.33. The fourth-order valence-electron chi connectivity index (χ4n) is 2.82. The molecule has 3 aromatic rings. The largest absolute Gasteiger partial charge is 0.496 e. The Bertz CT molecular complexity index is 879. The van der Waals surface area contributed by atoms with Crippen molar-refractivity contribution in [2.75, 3.05) is 7.11 Å². The number of rotatable bonds is 7. The highest BCUT2D eigenvalue weighted by Crippen LogP contribution is 2.23. The lowest BCUT2D eigenvalue weighted by Gasteiger charge is -2.16. The van der Waals surface area contributed by atoms with Crippen LogP contribution in [0.3, 0.4) is 0 Å². The second-order valence-electron chi connectivity index (χ2n) is 6.23. The number of benzene rings is 3. The van der Waals surface area contributed by atoms with Crippen molar-refractivity contribution in [3.05, 3.63) is 95.6 Å². The van der Waals surface area contributed by atoms with Gasteiger partial charge < -0.3 is 14.8 Å². The molecule has 0 saturated carbocycles. The van der Waals surface area contributed by atoms with Gasteiger partial charge in [-0.25, -0.2) is 0 Å². The van der Waals surface area contributed by atoms with Crippen LogP contribution in [0, 0.1) is 0 Å². The van der Waals surface area contributed by atoms with Crippen molar-refractivity contribution in [2.24, 2.45) is 0 Å². The van der Waals surface area contributed by atoms with Crippen molar-refractivity contribution in [3.8, 4) is 11.5 Å². The van der Waals surface area contributed by atoms with E-state index in [4.69, 9.17) is 9.47 Å². The molecule has 4 heteroatoms. The number of para-hydroxylation sites is 1. The Morgan fingerprint density at radius 1 is 0.963 bits per heavy atom. The summed E-state index contributed by atoms with van der Waals surface area (Å²) in [6.07, 6.45) is 0. The fraction of sp³-hybridized carbons (Fsp3) is 0.174. The molecule has 0 saturated heterocycles. The molecule has 0 aliphatic carbocycles. The maximum atomic E-state index is 12.7. The lowest BCUT2D eigenvalue weighted by Crippen LogP contribution is -2.26. The molecule has 0 bridgehead atoms. The van der Waals surface area contributed by atoms with Gasteiger partial charge in [0.1, 0.15) is 18.1 Å². The predicted octanol–water partition coefficient (Wildman–Crippen LogP) is 4.77. The van der Waals surface area contributed by atoms with E-state index in [1.807, 2.05) is 73.7 Å². The third-order valence-electron chi connectivity index (χ3n) is 4.33. The van der Waals surface area contributed by atoms with Crippen LogP contribution in [0.25, 0.3) is 0 Å². The summed E-state index contributed by atoms with van der Waals surface area (Å²) in [6, 6.07) is 24.7. The lowest BCUT2D eigenvalue weighted by molar-refractivity contribution is 0.0939. The van der Waals surface area contributed by atoms with Crippen LogP contribution in [0.15, 0.2) is 78.9 Å². The molecule has 3 rings (SSSR count). The third kappa shape index (κ3) is 4.88. The first-order valence-electron chi connectivity index (χ1n) is 8.88. The van der Waals surface area contributed by atoms with Gasteiger partial charge in [0.15, 0.2) is 0 Å². The summed E-state index contributed by atoms with van der Waals surface area (Å²) in [7, 11) is 1.61. The van der Waals surface area contributed by atoms with Crippen LogP contribution in [0.1, 0.15) is 34.5 Å². The van der Waals surface area contributed by atoms with Crippen LogP contribution >= 0.6 is 0 Å². The van der Waals surface area contributed by atoms with Crippen LogP contribution < -0.4 is 14.8 Å². The van der Waals surface area contributed by atoms with E-state index in [-0.39, 0.29) is 11.9 Å². The molecule has 138 valence electrons. The Balaban J connectivity index is 1.72. The Kier molecular flexibility index (Phi) is 6.10. The molecule has 1 amide bonds. The fourth-order valence-corrected chi connectivity index (χ4v) is 2.82. The van der Waals surface area contributed by atoms with Crippen molar-refractivity contribution in [3.63, 3.8) is 0 Å². The first-order chi connectivity index (χ1) is 13.2. The number of nitrogens with one attached hydrogen (secondary N) is 1. The number of methoxy groups -OCH3 is 1. The summed E-state index contributed by atoms with van der Waals surface area (Å²) in [4.78, 5) is 12.7. The van der Waals surface area contributed by atoms with E-state index < -0.39 is 0 Å². The number of carbonyl (C=O) groups excluding carboxylic acids is 1. The van der Waals surface area contributed by atoms with Gasteiger partial charge >= 0.3 is 0 Å². The van der Waals surface area contributed by atoms with Crippen molar-refractivity contribution < 1.29 is 14.3 Å². The average molecular weight is 361 g/mol. The van der Waals surface area contributed by atoms with E-state index in [0.29, 0.717) is 17.9 Å². The van der Waals surface area contributed by atoms with E-state index in [0.717, 1.165) is 16.9 Å². The smallest absolute Gasteiger partial charge is 0.251 e. The maximum Gasteiger partial charge on any atom is 0.251 e. The summed E-state index contributed by atoms with van der Waals surface area (Å²) >= 11 is 0. The Labute approximate surface area is 159 Å². The van der Waals surface area contributed by atoms with E-state index in [2.05, 4.69) is 5.32 Å². The molecular formula is C23H23NO3. The topological polar surface area (TPSA) is 47.6 Å². The van der Waals surface area contributed by atoms with E-state index in [9.17, 15) is 4.79 Å². The first kappa shape index (κ1) is 18.5. The van der Waals surface area contributed by atoms with Gasteiger partial charge in [-0.3, -0.25) is 4.79 Å². The molecule has 0 aliphatic heterocycles. The van der Waals surface area contributed by atoms with Crippen molar-refractivity contribution in [1.82, 2.24) is 5.32 Å². The summed E-state index contributed by atoms with van der Waals surface area (Å²) in [6.45, 7) is 2.29. The lowest BCUT2D eigenvalue weighted by atomic mass is 10.1. The van der Waals surface area contributed by atoms with Crippen LogP contribution in [0.5, 0.6) is 11.5 Å². The molecule has 0 spiro atoms.